The van der Waals surface area contributed by atoms with Gasteiger partial charge in [0, 0.05) is 0 Å². The Morgan fingerprint density at radius 3 is 2.22 bits per heavy atom. The maximum atomic E-state index is 13.1. The fourth-order valence-electron chi connectivity index (χ4n) is 2.81. The van der Waals surface area contributed by atoms with Gasteiger partial charge < -0.3 is 0 Å². The molecule has 6 nitrogen and oxygen atoms in total. The molecule has 2 heterocycles. The number of hydrogen-bond donors (Lipinski definition) is 0. The lowest BCUT2D eigenvalue weighted by Crippen LogP contribution is -2.24. The molecule has 2 aromatic carbocycles. The third-order valence-electron chi connectivity index (χ3n) is 4.19. The van der Waals surface area contributed by atoms with E-state index >= 15 is 0 Å². The van der Waals surface area contributed by atoms with Crippen LogP contribution in [-0.2, 0) is 0 Å². The average molecular weight is 383 g/mol. The van der Waals surface area contributed by atoms with Crippen molar-refractivity contribution in [1.29, 1.82) is 0 Å². The van der Waals surface area contributed by atoms with E-state index in [1.54, 1.807) is 43.3 Å². The predicted octanol–water partition coefficient (Wildman–Crippen LogP) is 3.60. The highest BCUT2D eigenvalue weighted by Crippen LogP contribution is 2.25. The molecule has 0 N–H and O–H groups in total. The zero-order valence-electron chi connectivity index (χ0n) is 14.1. The molecule has 27 heavy (non-hydrogen) atoms. The average Bonchev–Trinajstić information content (AvgIpc) is 3.09. The first-order valence-electron chi connectivity index (χ1n) is 8.00. The van der Waals surface area contributed by atoms with Crippen molar-refractivity contribution in [3.63, 3.8) is 0 Å². The fraction of sp³-hybridized carbons (Fsp3) is 0.0526. The smallest absolute Gasteiger partial charge is 0.267 e. The van der Waals surface area contributed by atoms with Crippen LogP contribution in [0, 0.1) is 12.7 Å². The Kier molecular flexibility index (Phi) is 4.08. The molecule has 1 aliphatic heterocycles. The van der Waals surface area contributed by atoms with Gasteiger partial charge in [0.15, 0.2) is 0 Å². The number of nitrogens with zero attached hydrogens (tertiary/aromatic N) is 4. The molecule has 0 radical (unpaired) electrons. The Balaban J connectivity index is 1.67. The molecule has 0 atom stereocenters. The summed E-state index contributed by atoms with van der Waals surface area (Å²) in [6.07, 6.45) is 1.33. The van der Waals surface area contributed by atoms with E-state index in [0.29, 0.717) is 28.1 Å². The van der Waals surface area contributed by atoms with Crippen LogP contribution < -0.4 is 0 Å². The molecule has 0 saturated carbocycles. The van der Waals surface area contributed by atoms with Crippen molar-refractivity contribution in [3.8, 4) is 5.69 Å². The minimum absolute atomic E-state index is 0.236. The van der Waals surface area contributed by atoms with Crippen molar-refractivity contribution in [2.24, 2.45) is 5.10 Å². The first-order valence-corrected chi connectivity index (χ1v) is 8.38. The third-order valence-corrected chi connectivity index (χ3v) is 4.56. The molecule has 0 unspecified atom stereocenters. The summed E-state index contributed by atoms with van der Waals surface area (Å²) in [7, 11) is 0. The van der Waals surface area contributed by atoms with Crippen LogP contribution in [0.2, 0.25) is 5.15 Å². The highest BCUT2D eigenvalue weighted by Gasteiger charge is 2.35. The van der Waals surface area contributed by atoms with Gasteiger partial charge in [-0.25, -0.2) is 9.07 Å². The number of hydrazone groups is 1. The molecule has 0 aliphatic carbocycles. The van der Waals surface area contributed by atoms with Crippen LogP contribution >= 0.6 is 11.6 Å². The van der Waals surface area contributed by atoms with Crippen molar-refractivity contribution < 1.29 is 14.0 Å². The molecule has 2 amide bonds. The predicted molar refractivity (Wildman–Crippen MR) is 97.8 cm³/mol. The summed E-state index contributed by atoms with van der Waals surface area (Å²) in [5, 5.41) is 9.38. The molecule has 4 rings (SSSR count). The van der Waals surface area contributed by atoms with Crippen LogP contribution in [0.5, 0.6) is 0 Å². The minimum Gasteiger partial charge on any atom is -0.267 e. The Labute approximate surface area is 158 Å². The lowest BCUT2D eigenvalue weighted by molar-refractivity contribution is 0.0660. The van der Waals surface area contributed by atoms with Crippen LogP contribution in [0.4, 0.5) is 4.39 Å². The van der Waals surface area contributed by atoms with Crippen molar-refractivity contribution in [1.82, 2.24) is 14.8 Å². The van der Waals surface area contributed by atoms with Gasteiger partial charge >= 0.3 is 0 Å². The molecule has 1 aromatic heterocycles. The fourth-order valence-corrected chi connectivity index (χ4v) is 3.13. The van der Waals surface area contributed by atoms with Gasteiger partial charge in [-0.1, -0.05) is 23.7 Å². The van der Waals surface area contributed by atoms with Gasteiger partial charge in [0.2, 0.25) is 0 Å². The molecule has 1 aliphatic rings. The molecule has 0 fully saturated rings. The van der Waals surface area contributed by atoms with Gasteiger partial charge in [-0.15, -0.1) is 0 Å². The maximum Gasteiger partial charge on any atom is 0.282 e. The number of amides is 2. The molecule has 0 saturated heterocycles. The summed E-state index contributed by atoms with van der Waals surface area (Å²) in [6.45, 7) is 1.72. The van der Waals surface area contributed by atoms with E-state index in [4.69, 9.17) is 11.6 Å². The van der Waals surface area contributed by atoms with Crippen LogP contribution in [0.3, 0.4) is 0 Å². The third kappa shape index (κ3) is 2.82. The van der Waals surface area contributed by atoms with Crippen LogP contribution in [0.15, 0.2) is 53.6 Å². The van der Waals surface area contributed by atoms with Gasteiger partial charge in [0.1, 0.15) is 11.0 Å². The number of aromatic nitrogens is 2. The van der Waals surface area contributed by atoms with E-state index in [0.717, 1.165) is 5.01 Å². The molecule has 134 valence electrons. The van der Waals surface area contributed by atoms with Crippen LogP contribution in [0.1, 0.15) is 32.0 Å². The lowest BCUT2D eigenvalue weighted by Gasteiger charge is -2.05. The van der Waals surface area contributed by atoms with E-state index in [9.17, 15) is 14.0 Å². The number of fused-ring (bicyclic) bond motifs is 1. The van der Waals surface area contributed by atoms with Crippen LogP contribution in [-0.4, -0.2) is 32.8 Å². The Morgan fingerprint density at radius 2 is 1.63 bits per heavy atom. The Bertz CT molecular complexity index is 1070. The standard InChI is InChI=1S/C19H12ClFN4O2/c1-11-16(17(20)24(23-11)13-8-6-12(21)7-9-13)10-22-25-18(26)14-4-2-3-5-15(14)19(25)27/h2-10H,1H3/b22-10+. The number of hydrogen-bond acceptors (Lipinski definition) is 4. The summed E-state index contributed by atoms with van der Waals surface area (Å²) >= 11 is 6.38. The topological polar surface area (TPSA) is 67.6 Å². The van der Waals surface area contributed by atoms with E-state index in [2.05, 4.69) is 10.2 Å². The number of benzene rings is 2. The zero-order valence-corrected chi connectivity index (χ0v) is 14.8. The number of halogens is 2. The van der Waals surface area contributed by atoms with Crippen molar-refractivity contribution >= 4 is 29.6 Å². The summed E-state index contributed by atoms with van der Waals surface area (Å²) in [6, 6.07) is 12.2. The van der Waals surface area contributed by atoms with Crippen molar-refractivity contribution in [2.75, 3.05) is 0 Å². The minimum atomic E-state index is -0.494. The lowest BCUT2D eigenvalue weighted by atomic mass is 10.1. The molecule has 3 aromatic rings. The van der Waals surface area contributed by atoms with E-state index in [-0.39, 0.29) is 11.0 Å². The number of rotatable bonds is 3. The van der Waals surface area contributed by atoms with Gasteiger partial charge in [-0.2, -0.15) is 15.2 Å². The highest BCUT2D eigenvalue weighted by atomic mass is 35.5. The molecule has 0 bridgehead atoms. The summed E-state index contributed by atoms with van der Waals surface area (Å²) in [4.78, 5) is 24.7. The molecule has 0 spiro atoms. The van der Waals surface area contributed by atoms with Gasteiger partial charge in [-0.05, 0) is 43.3 Å². The highest BCUT2D eigenvalue weighted by molar-refractivity contribution is 6.32. The number of aryl methyl sites for hydroxylation is 1. The van der Waals surface area contributed by atoms with E-state index in [1.165, 1.54) is 23.0 Å². The normalized spacial score (nSPS) is 13.7. The Hall–Kier alpha value is -3.32. The van der Waals surface area contributed by atoms with Crippen molar-refractivity contribution in [3.05, 3.63) is 81.9 Å². The van der Waals surface area contributed by atoms with Gasteiger partial charge in [0.25, 0.3) is 11.8 Å². The maximum absolute atomic E-state index is 13.1. The first-order chi connectivity index (χ1) is 13.0. The summed E-state index contributed by atoms with van der Waals surface area (Å²) in [5.41, 5.74) is 2.20. The van der Waals surface area contributed by atoms with Gasteiger partial charge in [0.05, 0.1) is 34.3 Å². The van der Waals surface area contributed by atoms with Crippen molar-refractivity contribution in [2.45, 2.75) is 6.92 Å². The van der Waals surface area contributed by atoms with E-state index in [1.807, 2.05) is 0 Å². The second kappa shape index (κ2) is 6.44. The zero-order chi connectivity index (χ0) is 19.1. The Morgan fingerprint density at radius 1 is 1.04 bits per heavy atom. The summed E-state index contributed by atoms with van der Waals surface area (Å²) in [5.74, 6) is -1.36. The number of carbonyl (C=O) groups excluding carboxylic acids is 2. The number of imide groups is 1. The van der Waals surface area contributed by atoms with Gasteiger partial charge in [-0.3, -0.25) is 9.59 Å². The monoisotopic (exact) mass is 382 g/mol. The summed E-state index contributed by atoms with van der Waals surface area (Å²) < 4.78 is 14.5. The second-order valence-corrected chi connectivity index (χ2v) is 6.25. The van der Waals surface area contributed by atoms with E-state index < -0.39 is 11.8 Å². The molecular formula is C19H12ClFN4O2. The number of carbonyl (C=O) groups is 2. The van der Waals surface area contributed by atoms with Crippen LogP contribution in [0.25, 0.3) is 5.69 Å². The first kappa shape index (κ1) is 17.1. The largest absolute Gasteiger partial charge is 0.282 e. The molecule has 8 heteroatoms. The molecular weight excluding hydrogens is 371 g/mol. The quantitative estimate of drug-likeness (QED) is 0.513. The SMILES string of the molecule is Cc1nn(-c2ccc(F)cc2)c(Cl)c1/C=N/N1C(=O)c2ccccc2C1=O. The second-order valence-electron chi connectivity index (χ2n) is 5.89.